The van der Waals surface area contributed by atoms with Gasteiger partial charge in [0.1, 0.15) is 0 Å². The minimum absolute atomic E-state index is 0.0591. The second-order valence-electron chi connectivity index (χ2n) is 4.30. The lowest BCUT2D eigenvalue weighted by Gasteiger charge is -2.06. The van der Waals surface area contributed by atoms with Crippen LogP contribution in [-0.4, -0.2) is 16.1 Å². The first-order valence-corrected chi connectivity index (χ1v) is 6.28. The standard InChI is InChI=1S/C15H17N3O/c1-3-4-11(2)15(19)17-13-7-5-12(6-8-13)14-9-10-16-18-14/h4-10H,3H2,1-2H3,(H,16,18)(H,17,19). The van der Waals surface area contributed by atoms with Gasteiger partial charge in [-0.3, -0.25) is 9.89 Å². The van der Waals surface area contributed by atoms with Gasteiger partial charge in [0.05, 0.1) is 5.69 Å². The van der Waals surface area contributed by atoms with Crippen molar-refractivity contribution in [1.82, 2.24) is 10.2 Å². The van der Waals surface area contributed by atoms with Gasteiger partial charge in [-0.05, 0) is 37.1 Å². The topological polar surface area (TPSA) is 57.8 Å². The maximum absolute atomic E-state index is 11.8. The molecule has 1 amide bonds. The molecule has 0 unspecified atom stereocenters. The van der Waals surface area contributed by atoms with E-state index in [4.69, 9.17) is 0 Å². The number of amides is 1. The fourth-order valence-electron chi connectivity index (χ4n) is 1.78. The van der Waals surface area contributed by atoms with Crippen LogP contribution in [0.15, 0.2) is 48.2 Å². The van der Waals surface area contributed by atoms with Crippen molar-refractivity contribution in [3.8, 4) is 11.3 Å². The number of allylic oxidation sites excluding steroid dienone is 1. The fourth-order valence-corrected chi connectivity index (χ4v) is 1.78. The van der Waals surface area contributed by atoms with Crippen LogP contribution >= 0.6 is 0 Å². The van der Waals surface area contributed by atoms with E-state index in [1.165, 1.54) is 0 Å². The van der Waals surface area contributed by atoms with Crippen LogP contribution in [0, 0.1) is 0 Å². The van der Waals surface area contributed by atoms with E-state index < -0.39 is 0 Å². The number of benzene rings is 1. The number of nitrogens with one attached hydrogen (secondary N) is 2. The Morgan fingerprint density at radius 1 is 1.32 bits per heavy atom. The Balaban J connectivity index is 2.07. The molecule has 19 heavy (non-hydrogen) atoms. The molecule has 0 saturated carbocycles. The largest absolute Gasteiger partial charge is 0.322 e. The molecule has 1 heterocycles. The molecule has 0 atom stereocenters. The van der Waals surface area contributed by atoms with Crippen LogP contribution < -0.4 is 5.32 Å². The third-order valence-electron chi connectivity index (χ3n) is 2.82. The van der Waals surface area contributed by atoms with Crippen LogP contribution in [0.25, 0.3) is 11.3 Å². The van der Waals surface area contributed by atoms with E-state index >= 15 is 0 Å². The van der Waals surface area contributed by atoms with Gasteiger partial charge in [0.25, 0.3) is 5.91 Å². The Morgan fingerprint density at radius 3 is 2.63 bits per heavy atom. The highest BCUT2D eigenvalue weighted by molar-refractivity contribution is 6.03. The van der Waals surface area contributed by atoms with Gasteiger partial charge in [0, 0.05) is 17.5 Å². The van der Waals surface area contributed by atoms with E-state index in [2.05, 4.69) is 15.5 Å². The lowest BCUT2D eigenvalue weighted by atomic mass is 10.1. The maximum Gasteiger partial charge on any atom is 0.250 e. The second-order valence-corrected chi connectivity index (χ2v) is 4.30. The lowest BCUT2D eigenvalue weighted by molar-refractivity contribution is -0.112. The zero-order valence-electron chi connectivity index (χ0n) is 11.1. The fraction of sp³-hybridized carbons (Fsp3) is 0.200. The number of carbonyl (C=O) groups is 1. The highest BCUT2D eigenvalue weighted by Crippen LogP contribution is 2.19. The highest BCUT2D eigenvalue weighted by atomic mass is 16.1. The molecule has 0 aliphatic heterocycles. The van der Waals surface area contributed by atoms with Crippen molar-refractivity contribution in [1.29, 1.82) is 0 Å². The quantitative estimate of drug-likeness (QED) is 0.823. The first-order chi connectivity index (χ1) is 9.20. The van der Waals surface area contributed by atoms with E-state index in [0.717, 1.165) is 28.9 Å². The molecule has 2 aromatic rings. The Kier molecular flexibility index (Phi) is 4.13. The number of aromatic amines is 1. The molecule has 2 N–H and O–H groups in total. The van der Waals surface area contributed by atoms with E-state index in [-0.39, 0.29) is 5.91 Å². The van der Waals surface area contributed by atoms with Crippen LogP contribution in [0.4, 0.5) is 5.69 Å². The van der Waals surface area contributed by atoms with Crippen molar-refractivity contribution < 1.29 is 4.79 Å². The first kappa shape index (κ1) is 13.1. The smallest absolute Gasteiger partial charge is 0.250 e. The summed E-state index contributed by atoms with van der Waals surface area (Å²) in [7, 11) is 0. The van der Waals surface area contributed by atoms with Gasteiger partial charge in [0.2, 0.25) is 0 Å². The third-order valence-corrected chi connectivity index (χ3v) is 2.82. The lowest BCUT2D eigenvalue weighted by Crippen LogP contribution is -2.12. The SMILES string of the molecule is CCC=C(C)C(=O)Nc1ccc(-c2ccn[nH]2)cc1. The molecule has 2 rings (SSSR count). The second kappa shape index (κ2) is 6.00. The van der Waals surface area contributed by atoms with Gasteiger partial charge >= 0.3 is 0 Å². The van der Waals surface area contributed by atoms with Gasteiger partial charge in [-0.2, -0.15) is 5.10 Å². The van der Waals surface area contributed by atoms with Crippen molar-refractivity contribution in [2.45, 2.75) is 20.3 Å². The Hall–Kier alpha value is -2.36. The van der Waals surface area contributed by atoms with Crippen molar-refractivity contribution >= 4 is 11.6 Å². The number of anilines is 1. The number of carbonyl (C=O) groups excluding carboxylic acids is 1. The summed E-state index contributed by atoms with van der Waals surface area (Å²) in [5.74, 6) is -0.0591. The van der Waals surface area contributed by atoms with E-state index in [9.17, 15) is 4.79 Å². The van der Waals surface area contributed by atoms with Gasteiger partial charge in [-0.1, -0.05) is 25.1 Å². The summed E-state index contributed by atoms with van der Waals surface area (Å²) in [6, 6.07) is 9.56. The Labute approximate surface area is 112 Å². The number of hydrogen-bond acceptors (Lipinski definition) is 2. The van der Waals surface area contributed by atoms with E-state index in [0.29, 0.717) is 0 Å². The maximum atomic E-state index is 11.8. The molecule has 0 radical (unpaired) electrons. The molecule has 1 aromatic carbocycles. The summed E-state index contributed by atoms with van der Waals surface area (Å²) in [6.45, 7) is 3.83. The Morgan fingerprint density at radius 2 is 2.05 bits per heavy atom. The molecule has 0 spiro atoms. The van der Waals surface area contributed by atoms with E-state index in [1.54, 1.807) is 6.20 Å². The van der Waals surface area contributed by atoms with Crippen LogP contribution in [0.1, 0.15) is 20.3 Å². The van der Waals surface area contributed by atoms with Gasteiger partial charge in [-0.15, -0.1) is 0 Å². The van der Waals surface area contributed by atoms with Crippen molar-refractivity contribution in [2.24, 2.45) is 0 Å². The predicted molar refractivity (Wildman–Crippen MR) is 76.7 cm³/mol. The van der Waals surface area contributed by atoms with Crippen molar-refractivity contribution in [2.75, 3.05) is 5.32 Å². The number of rotatable bonds is 4. The zero-order valence-corrected chi connectivity index (χ0v) is 11.1. The number of hydrogen-bond donors (Lipinski definition) is 2. The summed E-state index contributed by atoms with van der Waals surface area (Å²) in [6.07, 6.45) is 4.48. The molecule has 0 fully saturated rings. The van der Waals surface area contributed by atoms with Crippen molar-refractivity contribution in [3.05, 3.63) is 48.2 Å². The molecule has 0 aliphatic carbocycles. The monoisotopic (exact) mass is 255 g/mol. The van der Waals surface area contributed by atoms with Gasteiger partial charge < -0.3 is 5.32 Å². The first-order valence-electron chi connectivity index (χ1n) is 6.28. The summed E-state index contributed by atoms with van der Waals surface area (Å²) < 4.78 is 0. The average Bonchev–Trinajstić information content (AvgIpc) is 2.94. The number of H-pyrrole nitrogens is 1. The summed E-state index contributed by atoms with van der Waals surface area (Å²) >= 11 is 0. The summed E-state index contributed by atoms with van der Waals surface area (Å²) in [4.78, 5) is 11.8. The molecular formula is C15H17N3O. The normalized spacial score (nSPS) is 11.4. The number of nitrogens with zero attached hydrogens (tertiary/aromatic N) is 1. The Bertz CT molecular complexity index is 568. The molecule has 4 heteroatoms. The van der Waals surface area contributed by atoms with Gasteiger partial charge in [0.15, 0.2) is 0 Å². The average molecular weight is 255 g/mol. The van der Waals surface area contributed by atoms with Gasteiger partial charge in [-0.25, -0.2) is 0 Å². The molecule has 0 bridgehead atoms. The minimum Gasteiger partial charge on any atom is -0.322 e. The predicted octanol–water partition coefficient (Wildman–Crippen LogP) is 3.37. The summed E-state index contributed by atoms with van der Waals surface area (Å²) in [5, 5.41) is 9.68. The van der Waals surface area contributed by atoms with E-state index in [1.807, 2.05) is 50.3 Å². The van der Waals surface area contributed by atoms with Crippen molar-refractivity contribution in [3.63, 3.8) is 0 Å². The molecule has 0 saturated heterocycles. The molecule has 0 aliphatic rings. The highest BCUT2D eigenvalue weighted by Gasteiger charge is 2.04. The van der Waals surface area contributed by atoms with Crippen LogP contribution in [0.3, 0.4) is 0 Å². The zero-order chi connectivity index (χ0) is 13.7. The number of aromatic nitrogens is 2. The van der Waals surface area contributed by atoms with Crippen LogP contribution in [-0.2, 0) is 4.79 Å². The molecule has 4 nitrogen and oxygen atoms in total. The van der Waals surface area contributed by atoms with Crippen LogP contribution in [0.2, 0.25) is 0 Å². The minimum atomic E-state index is -0.0591. The van der Waals surface area contributed by atoms with Crippen LogP contribution in [0.5, 0.6) is 0 Å². The third kappa shape index (κ3) is 3.31. The molecule has 98 valence electrons. The summed E-state index contributed by atoms with van der Waals surface area (Å²) in [5.41, 5.74) is 3.52. The molecular weight excluding hydrogens is 238 g/mol. The molecule has 1 aromatic heterocycles.